The van der Waals surface area contributed by atoms with E-state index in [2.05, 4.69) is 10.3 Å². The Morgan fingerprint density at radius 1 is 1.14 bits per heavy atom. The van der Waals surface area contributed by atoms with Gasteiger partial charge in [-0.1, -0.05) is 11.6 Å². The fraction of sp³-hybridized carbons (Fsp3) is 0.176. The summed E-state index contributed by atoms with van der Waals surface area (Å²) >= 11 is 5.74. The molecule has 0 atom stereocenters. The number of ether oxygens (including phenoxy) is 1. The Hall–Kier alpha value is -2.75. The monoisotopic (exact) mass is 424 g/mol. The minimum Gasteiger partial charge on any atom is -0.438 e. The number of pyridine rings is 1. The van der Waals surface area contributed by atoms with Crippen LogP contribution in [0, 0.1) is 0 Å². The number of anilines is 1. The number of carbonyl (C=O) groups is 1. The molecule has 0 fully saturated rings. The predicted molar refractivity (Wildman–Crippen MR) is 89.2 cm³/mol. The summed E-state index contributed by atoms with van der Waals surface area (Å²) < 4.78 is 79.7. The Morgan fingerprint density at radius 2 is 1.75 bits per heavy atom. The first-order valence-corrected chi connectivity index (χ1v) is 7.81. The van der Waals surface area contributed by atoms with Crippen LogP contribution in [0.3, 0.4) is 0 Å². The largest absolute Gasteiger partial charge is 0.454 e. The molecule has 150 valence electrons. The van der Waals surface area contributed by atoms with E-state index in [0.29, 0.717) is 24.0 Å². The lowest BCUT2D eigenvalue weighted by Crippen LogP contribution is -2.21. The van der Waals surface area contributed by atoms with Gasteiger partial charge in [-0.25, -0.2) is 4.98 Å². The highest BCUT2D eigenvalue weighted by atomic mass is 35.5. The van der Waals surface area contributed by atoms with E-state index >= 15 is 0 Å². The van der Waals surface area contributed by atoms with Crippen molar-refractivity contribution in [2.75, 3.05) is 5.32 Å². The summed E-state index contributed by atoms with van der Waals surface area (Å²) in [5.41, 5.74) is -0.717. The van der Waals surface area contributed by atoms with Crippen LogP contribution in [0.15, 0.2) is 48.3 Å². The molecule has 1 aromatic carbocycles. The normalized spacial score (nSPS) is 12.6. The SMILES string of the molecule is C/C(=C\C(=O)C(F)(F)F)Nc1ccc(Oc2ncc(C(F)(F)F)cc2Cl)cc1. The van der Waals surface area contributed by atoms with Crippen LogP contribution in [0.1, 0.15) is 12.5 Å². The molecule has 0 saturated carbocycles. The highest BCUT2D eigenvalue weighted by Gasteiger charge is 2.36. The van der Waals surface area contributed by atoms with Gasteiger partial charge in [-0.05, 0) is 37.3 Å². The fourth-order valence-electron chi connectivity index (χ4n) is 1.92. The zero-order valence-electron chi connectivity index (χ0n) is 14.0. The molecule has 0 bridgehead atoms. The van der Waals surface area contributed by atoms with Crippen LogP contribution in [0.2, 0.25) is 5.02 Å². The zero-order valence-corrected chi connectivity index (χ0v) is 14.7. The molecule has 2 aromatic rings. The van der Waals surface area contributed by atoms with Crippen molar-refractivity contribution in [2.45, 2.75) is 19.3 Å². The quantitative estimate of drug-likeness (QED) is 0.473. The van der Waals surface area contributed by atoms with E-state index in [1.807, 2.05) is 0 Å². The second kappa shape index (κ2) is 8.09. The number of allylic oxidation sites excluding steroid dienone is 2. The molecule has 0 aliphatic carbocycles. The van der Waals surface area contributed by atoms with E-state index in [4.69, 9.17) is 16.3 Å². The number of halogens is 7. The lowest BCUT2D eigenvalue weighted by atomic mass is 10.2. The van der Waals surface area contributed by atoms with Gasteiger partial charge in [-0.15, -0.1) is 0 Å². The van der Waals surface area contributed by atoms with Crippen LogP contribution in [0.4, 0.5) is 32.0 Å². The number of ketones is 1. The van der Waals surface area contributed by atoms with Gasteiger partial charge in [0.25, 0.3) is 5.78 Å². The number of benzene rings is 1. The first-order chi connectivity index (χ1) is 12.9. The molecule has 11 heteroatoms. The van der Waals surface area contributed by atoms with Crippen molar-refractivity contribution in [1.82, 2.24) is 4.98 Å². The predicted octanol–water partition coefficient (Wildman–Crippen LogP) is 5.99. The van der Waals surface area contributed by atoms with E-state index in [0.717, 1.165) is 0 Å². The molecule has 0 amide bonds. The minimum absolute atomic E-state index is 0.0385. The topological polar surface area (TPSA) is 51.2 Å². The van der Waals surface area contributed by atoms with Crippen LogP contribution in [-0.2, 0) is 11.0 Å². The minimum atomic E-state index is -4.96. The number of hydrogen-bond donors (Lipinski definition) is 1. The number of nitrogens with one attached hydrogen (secondary N) is 1. The van der Waals surface area contributed by atoms with Crippen molar-refractivity contribution >= 4 is 23.1 Å². The standard InChI is InChI=1S/C17H11ClF6N2O2/c1-9(6-14(27)17(22,23)24)26-11-2-4-12(5-3-11)28-15-13(18)7-10(8-25-15)16(19,20)21/h2-8,26H,1H3/b9-6+. The van der Waals surface area contributed by atoms with E-state index in [9.17, 15) is 31.1 Å². The van der Waals surface area contributed by atoms with Gasteiger partial charge in [0.1, 0.15) is 10.8 Å². The summed E-state index contributed by atoms with van der Waals surface area (Å²) in [6.45, 7) is 1.28. The summed E-state index contributed by atoms with van der Waals surface area (Å²) in [6, 6.07) is 6.28. The molecule has 1 heterocycles. The van der Waals surface area contributed by atoms with Gasteiger partial charge in [-0.3, -0.25) is 4.79 Å². The molecule has 0 spiro atoms. The van der Waals surface area contributed by atoms with Crippen LogP contribution < -0.4 is 10.1 Å². The maximum atomic E-state index is 12.6. The number of carbonyl (C=O) groups excluding carboxylic acids is 1. The Bertz CT molecular complexity index is 892. The van der Waals surface area contributed by atoms with Gasteiger partial charge < -0.3 is 10.1 Å². The summed E-state index contributed by atoms with van der Waals surface area (Å²) in [5.74, 6) is -2.07. The molecule has 2 rings (SSSR count). The highest BCUT2D eigenvalue weighted by Crippen LogP contribution is 2.34. The molecular weight excluding hydrogens is 414 g/mol. The van der Waals surface area contributed by atoms with Crippen molar-refractivity contribution in [3.8, 4) is 11.6 Å². The number of nitrogens with zero attached hydrogens (tertiary/aromatic N) is 1. The number of alkyl halides is 6. The Balaban J connectivity index is 2.07. The fourth-order valence-corrected chi connectivity index (χ4v) is 2.12. The molecule has 1 N–H and O–H groups in total. The second-order valence-corrected chi connectivity index (χ2v) is 5.86. The lowest BCUT2D eigenvalue weighted by molar-refractivity contribution is -0.165. The smallest absolute Gasteiger partial charge is 0.438 e. The third-order valence-corrected chi connectivity index (χ3v) is 3.44. The van der Waals surface area contributed by atoms with E-state index < -0.39 is 23.7 Å². The van der Waals surface area contributed by atoms with E-state index in [1.165, 1.54) is 31.2 Å². The third-order valence-electron chi connectivity index (χ3n) is 3.17. The molecule has 1 aromatic heterocycles. The molecule has 0 saturated heterocycles. The Kier molecular flexibility index (Phi) is 6.23. The van der Waals surface area contributed by atoms with Crippen molar-refractivity contribution in [1.29, 1.82) is 0 Å². The van der Waals surface area contributed by atoms with Crippen LogP contribution in [0.25, 0.3) is 0 Å². The average molecular weight is 425 g/mol. The van der Waals surface area contributed by atoms with Gasteiger partial charge >= 0.3 is 12.4 Å². The molecule has 0 aliphatic rings. The van der Waals surface area contributed by atoms with E-state index in [-0.39, 0.29) is 22.3 Å². The Morgan fingerprint density at radius 3 is 2.25 bits per heavy atom. The molecular formula is C17H11ClF6N2O2. The molecule has 0 unspecified atom stereocenters. The van der Waals surface area contributed by atoms with Crippen LogP contribution >= 0.6 is 11.6 Å². The summed E-state index contributed by atoms with van der Waals surface area (Å²) in [6.07, 6.45) is -8.57. The average Bonchev–Trinajstić information content (AvgIpc) is 2.56. The van der Waals surface area contributed by atoms with Crippen molar-refractivity contribution < 1.29 is 35.9 Å². The van der Waals surface area contributed by atoms with Crippen molar-refractivity contribution in [2.24, 2.45) is 0 Å². The summed E-state index contributed by atoms with van der Waals surface area (Å²) in [5, 5.41) is 2.24. The van der Waals surface area contributed by atoms with Crippen molar-refractivity contribution in [3.63, 3.8) is 0 Å². The van der Waals surface area contributed by atoms with Gasteiger partial charge in [0, 0.05) is 23.7 Å². The molecule has 0 radical (unpaired) electrons. The zero-order chi connectivity index (χ0) is 21.1. The number of aromatic nitrogens is 1. The molecule has 28 heavy (non-hydrogen) atoms. The van der Waals surface area contributed by atoms with Gasteiger partial charge in [0.2, 0.25) is 5.88 Å². The van der Waals surface area contributed by atoms with Crippen molar-refractivity contribution in [3.05, 3.63) is 58.9 Å². The second-order valence-electron chi connectivity index (χ2n) is 5.45. The highest BCUT2D eigenvalue weighted by molar-refractivity contribution is 6.31. The Labute approximate surface area is 159 Å². The van der Waals surface area contributed by atoms with Gasteiger partial charge in [0.05, 0.1) is 5.56 Å². The van der Waals surface area contributed by atoms with E-state index in [1.54, 1.807) is 0 Å². The maximum Gasteiger partial charge on any atom is 0.454 e. The first kappa shape index (κ1) is 21.5. The first-order valence-electron chi connectivity index (χ1n) is 7.43. The van der Waals surface area contributed by atoms with Gasteiger partial charge in [-0.2, -0.15) is 26.3 Å². The number of hydrogen-bond acceptors (Lipinski definition) is 4. The number of rotatable bonds is 5. The summed E-state index contributed by atoms with van der Waals surface area (Å²) in [7, 11) is 0. The third kappa shape index (κ3) is 5.88. The summed E-state index contributed by atoms with van der Waals surface area (Å²) in [4.78, 5) is 14.4. The maximum absolute atomic E-state index is 12.6. The molecule has 0 aliphatic heterocycles. The van der Waals surface area contributed by atoms with Crippen LogP contribution in [-0.4, -0.2) is 16.9 Å². The van der Waals surface area contributed by atoms with Gasteiger partial charge in [0.15, 0.2) is 0 Å². The van der Waals surface area contributed by atoms with Crippen LogP contribution in [0.5, 0.6) is 11.6 Å². The molecule has 4 nitrogen and oxygen atoms in total. The lowest BCUT2D eigenvalue weighted by Gasteiger charge is -2.11.